The van der Waals surface area contributed by atoms with Crippen LogP contribution in [0.4, 0.5) is 5.82 Å². The number of aromatic nitrogens is 3. The van der Waals surface area contributed by atoms with Crippen molar-refractivity contribution in [2.24, 2.45) is 0 Å². The lowest BCUT2D eigenvalue weighted by Crippen LogP contribution is -2.17. The van der Waals surface area contributed by atoms with Crippen LogP contribution in [0.1, 0.15) is 16.8 Å². The molecule has 0 bridgehead atoms. The van der Waals surface area contributed by atoms with E-state index in [0.717, 1.165) is 38.5 Å². The van der Waals surface area contributed by atoms with Crippen LogP contribution in [0.25, 0.3) is 27.5 Å². The predicted octanol–water partition coefficient (Wildman–Crippen LogP) is 5.38. The van der Waals surface area contributed by atoms with E-state index in [1.165, 1.54) is 0 Å². The zero-order chi connectivity index (χ0) is 22.9. The van der Waals surface area contributed by atoms with E-state index >= 15 is 0 Å². The van der Waals surface area contributed by atoms with Crippen molar-refractivity contribution >= 4 is 33.4 Å². The molecule has 33 heavy (non-hydrogen) atoms. The van der Waals surface area contributed by atoms with E-state index in [0.29, 0.717) is 17.4 Å². The number of ether oxygens (including phenoxy) is 1. The van der Waals surface area contributed by atoms with Crippen molar-refractivity contribution in [3.63, 3.8) is 0 Å². The maximum atomic E-state index is 13.0. The Hall–Kier alpha value is -4.19. The van der Waals surface area contributed by atoms with E-state index in [-0.39, 0.29) is 12.3 Å². The fourth-order valence-corrected chi connectivity index (χ4v) is 4.22. The van der Waals surface area contributed by atoms with Gasteiger partial charge in [-0.05, 0) is 47.9 Å². The molecule has 2 heterocycles. The third-order valence-corrected chi connectivity index (χ3v) is 5.76. The predicted molar refractivity (Wildman–Crippen MR) is 131 cm³/mol. The minimum Gasteiger partial charge on any atom is -0.494 e. The first-order valence-corrected chi connectivity index (χ1v) is 10.8. The van der Waals surface area contributed by atoms with Crippen molar-refractivity contribution in [2.45, 2.75) is 20.3 Å². The average molecular weight is 437 g/mol. The second-order valence-corrected chi connectivity index (χ2v) is 8.10. The Morgan fingerprint density at radius 3 is 2.58 bits per heavy atom. The van der Waals surface area contributed by atoms with Gasteiger partial charge in [-0.25, -0.2) is 4.98 Å². The number of anilines is 1. The number of carbonyl (C=O) groups excluding carboxylic acids is 1. The minimum absolute atomic E-state index is 0.109. The van der Waals surface area contributed by atoms with Gasteiger partial charge in [-0.3, -0.25) is 4.79 Å². The largest absolute Gasteiger partial charge is 0.494 e. The first-order chi connectivity index (χ1) is 16.0. The van der Waals surface area contributed by atoms with Crippen molar-refractivity contribution in [1.82, 2.24) is 14.8 Å². The highest BCUT2D eigenvalue weighted by molar-refractivity contribution is 5.96. The third-order valence-electron chi connectivity index (χ3n) is 5.76. The SMILES string of the molecule is COc1cccc2c(C)cc(-n3nc(C)cc3NC(=O)Cc3cccc4ccccc34)nc12. The van der Waals surface area contributed by atoms with Gasteiger partial charge in [-0.1, -0.05) is 54.6 Å². The normalized spacial score (nSPS) is 11.1. The highest BCUT2D eigenvalue weighted by Gasteiger charge is 2.16. The summed E-state index contributed by atoms with van der Waals surface area (Å²) in [6.45, 7) is 3.92. The Kier molecular flexibility index (Phi) is 5.26. The lowest BCUT2D eigenvalue weighted by Gasteiger charge is -2.12. The molecule has 6 nitrogen and oxygen atoms in total. The summed E-state index contributed by atoms with van der Waals surface area (Å²) in [7, 11) is 1.63. The van der Waals surface area contributed by atoms with Crippen LogP contribution in [0.15, 0.2) is 72.8 Å². The van der Waals surface area contributed by atoms with Crippen LogP contribution in [0.5, 0.6) is 5.75 Å². The summed E-state index contributed by atoms with van der Waals surface area (Å²) in [4.78, 5) is 17.8. The number of hydrogen-bond donors (Lipinski definition) is 1. The number of benzene rings is 3. The maximum absolute atomic E-state index is 13.0. The number of para-hydroxylation sites is 1. The molecule has 2 aromatic heterocycles. The number of amides is 1. The van der Waals surface area contributed by atoms with Crippen LogP contribution in [0, 0.1) is 13.8 Å². The molecule has 0 spiro atoms. The van der Waals surface area contributed by atoms with E-state index in [4.69, 9.17) is 9.72 Å². The Labute approximate surface area is 191 Å². The van der Waals surface area contributed by atoms with Crippen molar-refractivity contribution in [1.29, 1.82) is 0 Å². The number of carbonyl (C=O) groups is 1. The smallest absolute Gasteiger partial charge is 0.229 e. The summed E-state index contributed by atoms with van der Waals surface area (Å²) in [5.41, 5.74) is 3.58. The minimum atomic E-state index is -0.109. The molecule has 0 fully saturated rings. The molecule has 5 aromatic rings. The molecular weight excluding hydrogens is 412 g/mol. The molecule has 1 amide bonds. The summed E-state index contributed by atoms with van der Waals surface area (Å²) in [6.07, 6.45) is 0.267. The molecule has 0 radical (unpaired) electrons. The third kappa shape index (κ3) is 3.91. The van der Waals surface area contributed by atoms with Gasteiger partial charge in [0.1, 0.15) is 17.1 Å². The first kappa shape index (κ1) is 20.7. The lowest BCUT2D eigenvalue weighted by atomic mass is 10.0. The maximum Gasteiger partial charge on any atom is 0.229 e. The van der Waals surface area contributed by atoms with Crippen molar-refractivity contribution < 1.29 is 9.53 Å². The Morgan fingerprint density at radius 1 is 0.970 bits per heavy atom. The Morgan fingerprint density at radius 2 is 1.73 bits per heavy atom. The van der Waals surface area contributed by atoms with Gasteiger partial charge in [0.05, 0.1) is 19.2 Å². The Balaban J connectivity index is 1.49. The van der Waals surface area contributed by atoms with Crippen LogP contribution in [0.2, 0.25) is 0 Å². The summed E-state index contributed by atoms with van der Waals surface area (Å²) in [5, 5.41) is 10.8. The van der Waals surface area contributed by atoms with E-state index in [9.17, 15) is 4.79 Å². The number of pyridine rings is 1. The van der Waals surface area contributed by atoms with Gasteiger partial charge in [0, 0.05) is 11.5 Å². The molecule has 0 aliphatic rings. The first-order valence-electron chi connectivity index (χ1n) is 10.8. The molecule has 0 saturated carbocycles. The number of hydrogen-bond acceptors (Lipinski definition) is 4. The van der Waals surface area contributed by atoms with Gasteiger partial charge in [-0.15, -0.1) is 0 Å². The second-order valence-electron chi connectivity index (χ2n) is 8.10. The highest BCUT2D eigenvalue weighted by Crippen LogP contribution is 2.28. The van der Waals surface area contributed by atoms with Crippen LogP contribution >= 0.6 is 0 Å². The van der Waals surface area contributed by atoms with Crippen LogP contribution in [-0.4, -0.2) is 27.8 Å². The van der Waals surface area contributed by atoms with Gasteiger partial charge < -0.3 is 10.1 Å². The second kappa shape index (κ2) is 8.39. The molecule has 0 unspecified atom stereocenters. The molecule has 3 aromatic carbocycles. The zero-order valence-corrected chi connectivity index (χ0v) is 18.8. The van der Waals surface area contributed by atoms with E-state index in [1.54, 1.807) is 11.8 Å². The number of methoxy groups -OCH3 is 1. The van der Waals surface area contributed by atoms with Gasteiger partial charge in [0.15, 0.2) is 5.82 Å². The molecular formula is C27H24N4O2. The molecule has 0 saturated heterocycles. The molecule has 1 N–H and O–H groups in total. The van der Waals surface area contributed by atoms with Crippen LogP contribution < -0.4 is 10.1 Å². The van der Waals surface area contributed by atoms with Crippen molar-refractivity contribution in [2.75, 3.05) is 12.4 Å². The number of fused-ring (bicyclic) bond motifs is 2. The quantitative estimate of drug-likeness (QED) is 0.402. The van der Waals surface area contributed by atoms with Crippen LogP contribution in [0.3, 0.4) is 0 Å². The van der Waals surface area contributed by atoms with Crippen molar-refractivity contribution in [3.8, 4) is 11.6 Å². The monoisotopic (exact) mass is 436 g/mol. The molecule has 6 heteroatoms. The average Bonchev–Trinajstić information content (AvgIpc) is 3.18. The number of aryl methyl sites for hydroxylation is 2. The topological polar surface area (TPSA) is 69.0 Å². The van der Waals surface area contributed by atoms with Gasteiger partial charge in [-0.2, -0.15) is 9.78 Å². The van der Waals surface area contributed by atoms with Crippen molar-refractivity contribution in [3.05, 3.63) is 89.6 Å². The highest BCUT2D eigenvalue weighted by atomic mass is 16.5. The lowest BCUT2D eigenvalue weighted by molar-refractivity contribution is -0.115. The molecule has 164 valence electrons. The standard InChI is InChI=1S/C27H24N4O2/c1-17-14-24(29-27-21(17)12-7-13-23(27)33-3)31-25(15-18(2)30-31)28-26(32)16-20-10-6-9-19-8-4-5-11-22(19)20/h4-15H,16H2,1-3H3,(H,28,32). The molecule has 5 rings (SSSR count). The number of rotatable bonds is 5. The van der Waals surface area contributed by atoms with E-state index in [2.05, 4.69) is 22.5 Å². The van der Waals surface area contributed by atoms with Gasteiger partial charge >= 0.3 is 0 Å². The van der Waals surface area contributed by atoms with Gasteiger partial charge in [0.2, 0.25) is 5.91 Å². The summed E-state index contributed by atoms with van der Waals surface area (Å²) < 4.78 is 7.19. The number of nitrogens with one attached hydrogen (secondary N) is 1. The summed E-state index contributed by atoms with van der Waals surface area (Å²) in [5.74, 6) is 1.79. The van der Waals surface area contributed by atoms with Crippen LogP contribution in [-0.2, 0) is 11.2 Å². The molecule has 0 aliphatic carbocycles. The van der Waals surface area contributed by atoms with Gasteiger partial charge in [0.25, 0.3) is 0 Å². The molecule has 0 atom stereocenters. The van der Waals surface area contributed by atoms with E-state index < -0.39 is 0 Å². The van der Waals surface area contributed by atoms with E-state index in [1.807, 2.05) is 74.5 Å². The summed E-state index contributed by atoms with van der Waals surface area (Å²) >= 11 is 0. The Bertz CT molecular complexity index is 1500. The zero-order valence-electron chi connectivity index (χ0n) is 18.8. The fraction of sp³-hybridized carbons (Fsp3) is 0.148. The summed E-state index contributed by atoms with van der Waals surface area (Å²) in [6, 6.07) is 23.8. The fourth-order valence-electron chi connectivity index (χ4n) is 4.22. The number of nitrogens with zero attached hydrogens (tertiary/aromatic N) is 3. The molecule has 0 aliphatic heterocycles.